The van der Waals surface area contributed by atoms with E-state index in [4.69, 9.17) is 9.72 Å². The van der Waals surface area contributed by atoms with Crippen molar-refractivity contribution in [2.75, 3.05) is 67.2 Å². The van der Waals surface area contributed by atoms with Crippen molar-refractivity contribution in [2.45, 2.75) is 6.92 Å². The Kier molecular flexibility index (Phi) is 4.44. The molecule has 3 aromatic heterocycles. The lowest BCUT2D eigenvalue weighted by atomic mass is 10.2. The molecule has 0 unspecified atom stereocenters. The van der Waals surface area contributed by atoms with Crippen LogP contribution in [0.2, 0.25) is 0 Å². The second kappa shape index (κ2) is 7.23. The van der Waals surface area contributed by atoms with Crippen molar-refractivity contribution in [1.29, 1.82) is 0 Å². The molecule has 0 bridgehead atoms. The number of ether oxygens (including phenoxy) is 1. The van der Waals surface area contributed by atoms with E-state index in [0.29, 0.717) is 0 Å². The summed E-state index contributed by atoms with van der Waals surface area (Å²) in [6, 6.07) is 4.12. The highest BCUT2D eigenvalue weighted by Crippen LogP contribution is 2.25. The van der Waals surface area contributed by atoms with Gasteiger partial charge in [-0.2, -0.15) is 4.98 Å². The Morgan fingerprint density at radius 1 is 0.929 bits per heavy atom. The number of aromatic amines is 1. The third-order valence-electron chi connectivity index (χ3n) is 5.36. The lowest BCUT2D eigenvalue weighted by Crippen LogP contribution is -2.47. The lowest BCUT2D eigenvalue weighted by molar-refractivity contribution is 0.122. The van der Waals surface area contributed by atoms with Gasteiger partial charge >= 0.3 is 0 Å². The Morgan fingerprint density at radius 2 is 1.71 bits per heavy atom. The largest absolute Gasteiger partial charge is 0.378 e. The molecule has 0 spiro atoms. The fourth-order valence-corrected chi connectivity index (χ4v) is 3.86. The van der Waals surface area contributed by atoms with Crippen LogP contribution in [0.3, 0.4) is 0 Å². The summed E-state index contributed by atoms with van der Waals surface area (Å²) in [4.78, 5) is 28.3. The number of nitrogens with one attached hydrogen (secondary N) is 1. The smallest absolute Gasteiger partial charge is 0.227 e. The Balaban J connectivity index is 1.33. The summed E-state index contributed by atoms with van der Waals surface area (Å²) < 4.78 is 5.45. The normalized spacial score (nSPS) is 18.1. The van der Waals surface area contributed by atoms with Crippen LogP contribution in [0.4, 0.5) is 17.6 Å². The van der Waals surface area contributed by atoms with Gasteiger partial charge in [0.1, 0.15) is 23.6 Å². The molecule has 0 atom stereocenters. The summed E-state index contributed by atoms with van der Waals surface area (Å²) in [5.74, 6) is 2.81. The van der Waals surface area contributed by atoms with E-state index in [2.05, 4.69) is 40.7 Å². The van der Waals surface area contributed by atoms with Crippen LogP contribution in [0.15, 0.2) is 24.7 Å². The van der Waals surface area contributed by atoms with Crippen LogP contribution >= 0.6 is 0 Å². The molecule has 9 heteroatoms. The predicted octanol–water partition coefficient (Wildman–Crippen LogP) is 1.22. The van der Waals surface area contributed by atoms with Crippen molar-refractivity contribution in [3.63, 3.8) is 0 Å². The highest BCUT2D eigenvalue weighted by Gasteiger charge is 2.23. The number of nitrogens with zero attached hydrogens (tertiary/aromatic N) is 7. The zero-order valence-corrected chi connectivity index (χ0v) is 16.0. The monoisotopic (exact) mass is 380 g/mol. The van der Waals surface area contributed by atoms with Crippen molar-refractivity contribution in [3.05, 3.63) is 30.4 Å². The maximum atomic E-state index is 5.45. The molecule has 2 saturated heterocycles. The van der Waals surface area contributed by atoms with Gasteiger partial charge in [0.05, 0.1) is 18.6 Å². The molecular weight excluding hydrogens is 356 g/mol. The first-order valence-corrected chi connectivity index (χ1v) is 9.74. The van der Waals surface area contributed by atoms with Crippen molar-refractivity contribution in [1.82, 2.24) is 24.9 Å². The third kappa shape index (κ3) is 3.22. The third-order valence-corrected chi connectivity index (χ3v) is 5.36. The lowest BCUT2D eigenvalue weighted by Gasteiger charge is -2.36. The van der Waals surface area contributed by atoms with Gasteiger partial charge in [0.2, 0.25) is 5.95 Å². The molecule has 28 heavy (non-hydrogen) atoms. The van der Waals surface area contributed by atoms with Gasteiger partial charge < -0.3 is 24.4 Å². The molecule has 0 amide bonds. The molecule has 3 aromatic rings. The predicted molar refractivity (Wildman–Crippen MR) is 108 cm³/mol. The Hall–Kier alpha value is -2.94. The van der Waals surface area contributed by atoms with E-state index in [1.165, 1.54) is 0 Å². The van der Waals surface area contributed by atoms with Crippen LogP contribution in [-0.4, -0.2) is 77.4 Å². The summed E-state index contributed by atoms with van der Waals surface area (Å²) in [6.07, 6.45) is 3.54. The van der Waals surface area contributed by atoms with E-state index in [1.807, 2.05) is 19.2 Å². The first-order chi connectivity index (χ1) is 13.8. The number of aryl methyl sites for hydroxylation is 1. The van der Waals surface area contributed by atoms with E-state index in [9.17, 15) is 0 Å². The summed E-state index contributed by atoms with van der Waals surface area (Å²) >= 11 is 0. The van der Waals surface area contributed by atoms with Crippen LogP contribution in [-0.2, 0) is 4.74 Å². The molecule has 0 aliphatic carbocycles. The molecule has 5 rings (SSSR count). The summed E-state index contributed by atoms with van der Waals surface area (Å²) in [5, 5.41) is 1.07. The topological polar surface area (TPSA) is 86.3 Å². The van der Waals surface area contributed by atoms with Crippen molar-refractivity contribution in [3.8, 4) is 0 Å². The molecular formula is C19H24N8O. The number of anilines is 3. The van der Waals surface area contributed by atoms with E-state index in [0.717, 1.165) is 86.8 Å². The second-order valence-electron chi connectivity index (χ2n) is 7.18. The molecule has 0 saturated carbocycles. The van der Waals surface area contributed by atoms with Gasteiger partial charge in [-0.15, -0.1) is 0 Å². The van der Waals surface area contributed by atoms with Crippen LogP contribution < -0.4 is 14.7 Å². The fourth-order valence-electron chi connectivity index (χ4n) is 3.86. The summed E-state index contributed by atoms with van der Waals surface area (Å²) in [5.41, 5.74) is 1.88. The number of morpholine rings is 1. The van der Waals surface area contributed by atoms with Crippen molar-refractivity contribution >= 4 is 28.6 Å². The van der Waals surface area contributed by atoms with Crippen molar-refractivity contribution in [2.24, 2.45) is 0 Å². The fraction of sp³-hybridized carbons (Fsp3) is 0.474. The van der Waals surface area contributed by atoms with E-state index < -0.39 is 0 Å². The maximum Gasteiger partial charge on any atom is 0.227 e. The van der Waals surface area contributed by atoms with E-state index >= 15 is 0 Å². The molecule has 2 aliphatic heterocycles. The standard InChI is InChI=1S/C19H24N8O/c1-14-12-16(24-19(23-14)27-8-10-28-11-9-27)25-4-6-26(7-5-25)18-15-2-3-20-17(15)21-13-22-18/h2-3,12-13H,4-11H2,1H3,(H,20,21,22). The minimum atomic E-state index is 0.734. The minimum Gasteiger partial charge on any atom is -0.378 e. The van der Waals surface area contributed by atoms with E-state index in [1.54, 1.807) is 6.33 Å². The van der Waals surface area contributed by atoms with Gasteiger partial charge in [0, 0.05) is 57.2 Å². The van der Waals surface area contributed by atoms with Gasteiger partial charge in [-0.25, -0.2) is 15.0 Å². The molecule has 146 valence electrons. The van der Waals surface area contributed by atoms with Gasteiger partial charge in [0.15, 0.2) is 0 Å². The molecule has 2 aliphatic rings. The number of H-pyrrole nitrogens is 1. The molecule has 5 heterocycles. The number of rotatable bonds is 3. The van der Waals surface area contributed by atoms with Crippen LogP contribution in [0.25, 0.3) is 11.0 Å². The minimum absolute atomic E-state index is 0.734. The molecule has 0 radical (unpaired) electrons. The number of hydrogen-bond donors (Lipinski definition) is 1. The Labute approximate surface area is 163 Å². The second-order valence-corrected chi connectivity index (χ2v) is 7.18. The van der Waals surface area contributed by atoms with Gasteiger partial charge in [-0.05, 0) is 13.0 Å². The summed E-state index contributed by atoms with van der Waals surface area (Å²) in [6.45, 7) is 8.78. The Morgan fingerprint density at radius 3 is 2.54 bits per heavy atom. The van der Waals surface area contributed by atoms with Crippen LogP contribution in [0.1, 0.15) is 5.69 Å². The quantitative estimate of drug-likeness (QED) is 0.726. The highest BCUT2D eigenvalue weighted by molar-refractivity contribution is 5.87. The molecule has 1 N–H and O–H groups in total. The first-order valence-electron chi connectivity index (χ1n) is 9.74. The average Bonchev–Trinajstić information content (AvgIpc) is 3.23. The first kappa shape index (κ1) is 17.2. The summed E-state index contributed by atoms with van der Waals surface area (Å²) in [7, 11) is 0. The van der Waals surface area contributed by atoms with Crippen LogP contribution in [0, 0.1) is 6.92 Å². The molecule has 0 aromatic carbocycles. The molecule has 9 nitrogen and oxygen atoms in total. The van der Waals surface area contributed by atoms with Gasteiger partial charge in [-0.1, -0.05) is 0 Å². The van der Waals surface area contributed by atoms with Crippen molar-refractivity contribution < 1.29 is 4.74 Å². The number of hydrogen-bond acceptors (Lipinski definition) is 8. The number of fused-ring (bicyclic) bond motifs is 1. The zero-order chi connectivity index (χ0) is 18.9. The maximum absolute atomic E-state index is 5.45. The van der Waals surface area contributed by atoms with E-state index in [-0.39, 0.29) is 0 Å². The average molecular weight is 380 g/mol. The SMILES string of the molecule is Cc1cc(N2CCN(c3ncnc4[nH]ccc34)CC2)nc(N2CCOCC2)n1. The zero-order valence-electron chi connectivity index (χ0n) is 16.0. The highest BCUT2D eigenvalue weighted by atomic mass is 16.5. The molecule has 2 fully saturated rings. The Bertz CT molecular complexity index is 959. The van der Waals surface area contributed by atoms with Crippen LogP contribution in [0.5, 0.6) is 0 Å². The van der Waals surface area contributed by atoms with Gasteiger partial charge in [-0.3, -0.25) is 0 Å². The van der Waals surface area contributed by atoms with Gasteiger partial charge in [0.25, 0.3) is 0 Å². The number of piperazine rings is 1. The number of aromatic nitrogens is 5.